The van der Waals surface area contributed by atoms with Gasteiger partial charge in [0.2, 0.25) is 0 Å². The van der Waals surface area contributed by atoms with Crippen LogP contribution in [-0.2, 0) is 10.8 Å². The van der Waals surface area contributed by atoms with E-state index in [0.29, 0.717) is 0 Å². The molecule has 0 bridgehead atoms. The first kappa shape index (κ1) is 12.8. The SMILES string of the molecule is CC1(C)c2cc3c(cc2C1(C)C)Sc1ccccc1S3. The first-order chi connectivity index (χ1) is 9.41. The third-order valence-electron chi connectivity index (χ3n) is 5.28. The number of hydrogen-bond acceptors (Lipinski definition) is 2. The van der Waals surface area contributed by atoms with Crippen LogP contribution in [0, 0.1) is 0 Å². The molecule has 0 spiro atoms. The first-order valence-electron chi connectivity index (χ1n) is 7.05. The zero-order chi connectivity index (χ0) is 14.1. The van der Waals surface area contributed by atoms with E-state index >= 15 is 0 Å². The first-order valence-corrected chi connectivity index (χ1v) is 8.68. The lowest BCUT2D eigenvalue weighted by Crippen LogP contribution is -2.51. The largest absolute Gasteiger partial charge is 0.0877 e. The van der Waals surface area contributed by atoms with E-state index in [0.717, 1.165) is 0 Å². The van der Waals surface area contributed by atoms with Crippen LogP contribution in [0.15, 0.2) is 56.0 Å². The molecule has 0 saturated heterocycles. The highest BCUT2D eigenvalue weighted by Crippen LogP contribution is 2.59. The molecule has 0 fully saturated rings. The van der Waals surface area contributed by atoms with Crippen molar-refractivity contribution in [2.24, 2.45) is 0 Å². The van der Waals surface area contributed by atoms with Crippen LogP contribution in [0.25, 0.3) is 0 Å². The molecule has 4 rings (SSSR count). The Hall–Kier alpha value is -0.860. The Morgan fingerprint density at radius 1 is 0.650 bits per heavy atom. The average molecular weight is 298 g/mol. The monoisotopic (exact) mass is 298 g/mol. The molecule has 1 heterocycles. The van der Waals surface area contributed by atoms with Crippen molar-refractivity contribution < 1.29 is 0 Å². The minimum absolute atomic E-state index is 0.277. The molecule has 0 saturated carbocycles. The van der Waals surface area contributed by atoms with E-state index in [-0.39, 0.29) is 10.8 Å². The molecule has 20 heavy (non-hydrogen) atoms. The van der Waals surface area contributed by atoms with Crippen molar-refractivity contribution in [1.29, 1.82) is 0 Å². The van der Waals surface area contributed by atoms with Crippen LogP contribution in [0.5, 0.6) is 0 Å². The second kappa shape index (κ2) is 3.86. The van der Waals surface area contributed by atoms with Crippen LogP contribution < -0.4 is 0 Å². The van der Waals surface area contributed by atoms with Crippen molar-refractivity contribution in [2.75, 3.05) is 0 Å². The Balaban J connectivity index is 1.86. The molecule has 2 aromatic carbocycles. The highest BCUT2D eigenvalue weighted by atomic mass is 32.2. The summed E-state index contributed by atoms with van der Waals surface area (Å²) in [5, 5.41) is 0. The van der Waals surface area contributed by atoms with Crippen molar-refractivity contribution in [1.82, 2.24) is 0 Å². The van der Waals surface area contributed by atoms with Gasteiger partial charge in [0.15, 0.2) is 0 Å². The van der Waals surface area contributed by atoms with E-state index in [1.165, 1.54) is 30.7 Å². The predicted octanol–water partition coefficient (Wildman–Crippen LogP) is 5.87. The minimum Gasteiger partial charge on any atom is -0.0877 e. The lowest BCUT2D eigenvalue weighted by atomic mass is 9.50. The highest BCUT2D eigenvalue weighted by molar-refractivity contribution is 8.05. The van der Waals surface area contributed by atoms with Gasteiger partial charge in [0.1, 0.15) is 0 Å². The smallest absolute Gasteiger partial charge is 0.0265 e. The second-order valence-corrected chi connectivity index (χ2v) is 8.91. The third-order valence-corrected chi connectivity index (χ3v) is 7.81. The third kappa shape index (κ3) is 1.47. The Morgan fingerprint density at radius 2 is 1.05 bits per heavy atom. The van der Waals surface area contributed by atoms with Crippen molar-refractivity contribution >= 4 is 23.5 Å². The quantitative estimate of drug-likeness (QED) is 0.509. The van der Waals surface area contributed by atoms with Crippen molar-refractivity contribution in [3.05, 3.63) is 47.5 Å². The molecule has 0 unspecified atom stereocenters. The Bertz CT molecular complexity index is 664. The summed E-state index contributed by atoms with van der Waals surface area (Å²) in [5.74, 6) is 0. The van der Waals surface area contributed by atoms with E-state index in [2.05, 4.69) is 64.1 Å². The zero-order valence-corrected chi connectivity index (χ0v) is 13.9. The molecule has 1 aliphatic heterocycles. The molecular formula is C18H18S2. The van der Waals surface area contributed by atoms with Crippen molar-refractivity contribution in [2.45, 2.75) is 58.1 Å². The molecule has 0 radical (unpaired) electrons. The molecular weight excluding hydrogens is 280 g/mol. The standard InChI is InChI=1S/C18H18S2/c1-17(2)11-9-15-16(10-12(11)18(17,3)4)20-14-8-6-5-7-13(14)19-15/h5-10H,1-4H3. The van der Waals surface area contributed by atoms with Gasteiger partial charge in [-0.15, -0.1) is 0 Å². The van der Waals surface area contributed by atoms with Gasteiger partial charge in [0.25, 0.3) is 0 Å². The summed E-state index contributed by atoms with van der Waals surface area (Å²) < 4.78 is 0. The van der Waals surface area contributed by atoms with Crippen LogP contribution >= 0.6 is 23.5 Å². The maximum atomic E-state index is 2.43. The number of rotatable bonds is 0. The average Bonchev–Trinajstić information content (AvgIpc) is 2.43. The Kier molecular flexibility index (Phi) is 2.48. The molecule has 2 aliphatic rings. The Labute approximate surface area is 129 Å². The molecule has 0 atom stereocenters. The van der Waals surface area contributed by atoms with Gasteiger partial charge in [-0.25, -0.2) is 0 Å². The number of hydrogen-bond donors (Lipinski definition) is 0. The van der Waals surface area contributed by atoms with Crippen molar-refractivity contribution in [3.63, 3.8) is 0 Å². The number of benzene rings is 2. The fraction of sp³-hybridized carbons (Fsp3) is 0.333. The summed E-state index contributed by atoms with van der Waals surface area (Å²) in [7, 11) is 0. The minimum atomic E-state index is 0.277. The van der Waals surface area contributed by atoms with Crippen molar-refractivity contribution in [3.8, 4) is 0 Å². The van der Waals surface area contributed by atoms with E-state index in [1.54, 1.807) is 0 Å². The van der Waals surface area contributed by atoms with Crippen LogP contribution in [0.1, 0.15) is 38.8 Å². The molecule has 0 N–H and O–H groups in total. The molecule has 2 heteroatoms. The van der Waals surface area contributed by atoms with Gasteiger partial charge in [-0.2, -0.15) is 0 Å². The molecule has 102 valence electrons. The van der Waals surface area contributed by atoms with Gasteiger partial charge in [-0.05, 0) is 46.2 Å². The van der Waals surface area contributed by atoms with Gasteiger partial charge in [-0.1, -0.05) is 63.4 Å². The van der Waals surface area contributed by atoms with Crippen LogP contribution in [0.3, 0.4) is 0 Å². The Morgan fingerprint density at radius 3 is 1.45 bits per heavy atom. The maximum Gasteiger partial charge on any atom is 0.0265 e. The number of fused-ring (bicyclic) bond motifs is 3. The van der Waals surface area contributed by atoms with Gasteiger partial charge < -0.3 is 0 Å². The summed E-state index contributed by atoms with van der Waals surface area (Å²) in [6.45, 7) is 9.49. The molecule has 1 aliphatic carbocycles. The lowest BCUT2D eigenvalue weighted by molar-refractivity contribution is 0.240. The van der Waals surface area contributed by atoms with E-state index < -0.39 is 0 Å². The molecule has 0 amide bonds. The van der Waals surface area contributed by atoms with Crippen LogP contribution in [-0.4, -0.2) is 0 Å². The topological polar surface area (TPSA) is 0 Å². The van der Waals surface area contributed by atoms with Gasteiger partial charge in [0.05, 0.1) is 0 Å². The summed E-state index contributed by atoms with van der Waals surface area (Å²) in [4.78, 5) is 5.63. The van der Waals surface area contributed by atoms with E-state index in [1.807, 2.05) is 23.5 Å². The van der Waals surface area contributed by atoms with Gasteiger partial charge >= 0.3 is 0 Å². The normalized spacial score (nSPS) is 20.4. The fourth-order valence-electron chi connectivity index (χ4n) is 3.22. The molecule has 0 nitrogen and oxygen atoms in total. The second-order valence-electron chi connectivity index (χ2n) is 6.75. The highest BCUT2D eigenvalue weighted by Gasteiger charge is 2.51. The molecule has 0 aromatic heterocycles. The summed E-state index contributed by atoms with van der Waals surface area (Å²) in [6.07, 6.45) is 0. The zero-order valence-electron chi connectivity index (χ0n) is 12.3. The predicted molar refractivity (Wildman–Crippen MR) is 87.2 cm³/mol. The van der Waals surface area contributed by atoms with Crippen LogP contribution in [0.2, 0.25) is 0 Å². The van der Waals surface area contributed by atoms with Gasteiger partial charge in [0, 0.05) is 19.6 Å². The van der Waals surface area contributed by atoms with Gasteiger partial charge in [-0.3, -0.25) is 0 Å². The van der Waals surface area contributed by atoms with E-state index in [9.17, 15) is 0 Å². The fourth-order valence-corrected chi connectivity index (χ4v) is 5.50. The summed E-state index contributed by atoms with van der Waals surface area (Å²) in [6, 6.07) is 13.6. The summed E-state index contributed by atoms with van der Waals surface area (Å²) in [5.41, 5.74) is 3.63. The maximum absolute atomic E-state index is 2.43. The van der Waals surface area contributed by atoms with Crippen LogP contribution in [0.4, 0.5) is 0 Å². The summed E-state index contributed by atoms with van der Waals surface area (Å²) >= 11 is 3.84. The van der Waals surface area contributed by atoms with E-state index in [4.69, 9.17) is 0 Å². The molecule has 2 aromatic rings. The lowest BCUT2D eigenvalue weighted by Gasteiger charge is -2.54.